The van der Waals surface area contributed by atoms with Crippen molar-refractivity contribution in [1.82, 2.24) is 4.98 Å². The molecule has 0 fully saturated rings. The summed E-state index contributed by atoms with van der Waals surface area (Å²) in [6, 6.07) is 21.9. The lowest BCUT2D eigenvalue weighted by atomic mass is 9.98. The molecule has 0 saturated heterocycles. The largest absolute Gasteiger partial charge is 0.478 e. The Labute approximate surface area is 166 Å². The molecule has 2 heterocycles. The average Bonchev–Trinajstić information content (AvgIpc) is 3.18. The number of carboxylic acids is 1. The minimum Gasteiger partial charge on any atom is -0.478 e. The highest BCUT2D eigenvalue weighted by molar-refractivity contribution is 6.03. The molecule has 0 radical (unpaired) electrons. The van der Waals surface area contributed by atoms with Gasteiger partial charge in [-0.15, -0.1) is 0 Å². The summed E-state index contributed by atoms with van der Waals surface area (Å²) in [7, 11) is 0. The summed E-state index contributed by atoms with van der Waals surface area (Å²) in [6.07, 6.45) is 0.839. The highest BCUT2D eigenvalue weighted by Crippen LogP contribution is 2.40. The van der Waals surface area contributed by atoms with Crippen LogP contribution in [0.4, 0.5) is 15.9 Å². The lowest BCUT2D eigenvalue weighted by Crippen LogP contribution is -2.16. The topological polar surface area (TPSA) is 53.4 Å². The number of rotatable bonds is 3. The molecular weight excluding hydrogens is 367 g/mol. The van der Waals surface area contributed by atoms with Crippen LogP contribution in [-0.4, -0.2) is 22.6 Å². The Kier molecular flexibility index (Phi) is 4.02. The van der Waals surface area contributed by atoms with Gasteiger partial charge in [0.25, 0.3) is 0 Å². The Morgan fingerprint density at radius 1 is 1.00 bits per heavy atom. The number of fused-ring (bicyclic) bond motifs is 2. The molecule has 0 saturated carbocycles. The van der Waals surface area contributed by atoms with E-state index in [0.29, 0.717) is 23.3 Å². The molecule has 4 nitrogen and oxygen atoms in total. The molecule has 0 atom stereocenters. The van der Waals surface area contributed by atoms with Crippen molar-refractivity contribution in [2.24, 2.45) is 0 Å². The molecule has 0 bridgehead atoms. The number of carboxylic acid groups (broad SMARTS) is 1. The molecule has 0 spiro atoms. The molecule has 1 aliphatic rings. The van der Waals surface area contributed by atoms with Crippen molar-refractivity contribution in [3.05, 3.63) is 89.7 Å². The van der Waals surface area contributed by atoms with Crippen LogP contribution in [0.5, 0.6) is 0 Å². The molecule has 29 heavy (non-hydrogen) atoms. The first-order valence-corrected chi connectivity index (χ1v) is 9.40. The van der Waals surface area contributed by atoms with Gasteiger partial charge < -0.3 is 10.0 Å². The van der Waals surface area contributed by atoms with Crippen molar-refractivity contribution >= 4 is 28.4 Å². The summed E-state index contributed by atoms with van der Waals surface area (Å²) in [5, 5.41) is 9.96. The van der Waals surface area contributed by atoms with E-state index < -0.39 is 11.8 Å². The maximum absolute atomic E-state index is 13.7. The highest BCUT2D eigenvalue weighted by atomic mass is 19.1. The number of pyridine rings is 1. The molecule has 142 valence electrons. The molecule has 3 aromatic carbocycles. The number of aromatic carboxylic acids is 1. The predicted molar refractivity (Wildman–Crippen MR) is 111 cm³/mol. The maximum atomic E-state index is 13.7. The van der Waals surface area contributed by atoms with Gasteiger partial charge >= 0.3 is 5.97 Å². The van der Waals surface area contributed by atoms with Gasteiger partial charge in [0.2, 0.25) is 0 Å². The number of hydrogen-bond donors (Lipinski definition) is 1. The number of hydrogen-bond acceptors (Lipinski definition) is 3. The molecule has 1 N–H and O–H groups in total. The predicted octanol–water partition coefficient (Wildman–Crippen LogP) is 5.43. The van der Waals surface area contributed by atoms with Crippen LogP contribution in [0.3, 0.4) is 0 Å². The van der Waals surface area contributed by atoms with E-state index in [1.165, 1.54) is 35.4 Å². The van der Waals surface area contributed by atoms with Gasteiger partial charge in [0.05, 0.1) is 11.1 Å². The highest BCUT2D eigenvalue weighted by Gasteiger charge is 2.25. The van der Waals surface area contributed by atoms with Crippen molar-refractivity contribution in [2.45, 2.75) is 6.42 Å². The first kappa shape index (κ1) is 17.4. The van der Waals surface area contributed by atoms with Crippen molar-refractivity contribution in [1.29, 1.82) is 0 Å². The summed E-state index contributed by atoms with van der Waals surface area (Å²) in [4.78, 5) is 18.5. The van der Waals surface area contributed by atoms with Crippen molar-refractivity contribution < 1.29 is 14.3 Å². The number of carbonyl (C=O) groups is 1. The fourth-order valence-corrected chi connectivity index (χ4v) is 4.06. The third-order valence-electron chi connectivity index (χ3n) is 5.38. The molecular formula is C24H17FN2O2. The Hall–Kier alpha value is -3.73. The standard InChI is InChI=1S/C24H17FN2O2/c25-16-9-10-21-19(13-16)20(24(28)29)14-23(26-21)27-12-11-18-17(7-4-8-22(18)27)15-5-2-1-3-6-15/h1-10,13-14H,11-12H2,(H,28,29). The van der Waals surface area contributed by atoms with Crippen molar-refractivity contribution in [2.75, 3.05) is 11.4 Å². The zero-order valence-electron chi connectivity index (χ0n) is 15.5. The van der Waals surface area contributed by atoms with Gasteiger partial charge in [-0.1, -0.05) is 42.5 Å². The molecule has 0 aliphatic carbocycles. The fourth-order valence-electron chi connectivity index (χ4n) is 4.06. The van der Waals surface area contributed by atoms with Gasteiger partial charge in [-0.25, -0.2) is 14.2 Å². The Balaban J connectivity index is 1.66. The minimum atomic E-state index is -1.10. The first-order valence-electron chi connectivity index (χ1n) is 9.40. The Morgan fingerprint density at radius 3 is 2.62 bits per heavy atom. The zero-order valence-corrected chi connectivity index (χ0v) is 15.5. The van der Waals surface area contributed by atoms with Crippen LogP contribution < -0.4 is 4.90 Å². The number of benzene rings is 3. The molecule has 5 heteroatoms. The third-order valence-corrected chi connectivity index (χ3v) is 5.38. The maximum Gasteiger partial charge on any atom is 0.336 e. The van der Waals surface area contributed by atoms with Gasteiger partial charge in [-0.2, -0.15) is 0 Å². The van der Waals surface area contributed by atoms with Crippen molar-refractivity contribution in [3.63, 3.8) is 0 Å². The van der Waals surface area contributed by atoms with Gasteiger partial charge in [0, 0.05) is 17.6 Å². The first-order chi connectivity index (χ1) is 14.1. The number of anilines is 2. The van der Waals surface area contributed by atoms with Crippen LogP contribution in [0.1, 0.15) is 15.9 Å². The quantitative estimate of drug-likeness (QED) is 0.511. The van der Waals surface area contributed by atoms with Gasteiger partial charge in [0.15, 0.2) is 0 Å². The molecule has 1 aliphatic heterocycles. The van der Waals surface area contributed by atoms with Crippen LogP contribution in [0.15, 0.2) is 72.8 Å². The lowest BCUT2D eigenvalue weighted by molar-refractivity contribution is 0.0699. The van der Waals surface area contributed by atoms with E-state index in [1.807, 2.05) is 35.2 Å². The average molecular weight is 384 g/mol. The summed E-state index contributed by atoms with van der Waals surface area (Å²) in [5.74, 6) is -1.01. The molecule has 1 aromatic heterocycles. The summed E-state index contributed by atoms with van der Waals surface area (Å²) in [5.41, 5.74) is 5.09. The zero-order chi connectivity index (χ0) is 20.0. The molecule has 4 aromatic rings. The van der Waals surface area contributed by atoms with Gasteiger partial charge in [-0.3, -0.25) is 0 Å². The Bertz CT molecular complexity index is 1250. The normalized spacial score (nSPS) is 12.9. The summed E-state index contributed by atoms with van der Waals surface area (Å²) >= 11 is 0. The van der Waals surface area contributed by atoms with Gasteiger partial charge in [0.1, 0.15) is 11.6 Å². The summed E-state index contributed by atoms with van der Waals surface area (Å²) in [6.45, 7) is 0.706. The van der Waals surface area contributed by atoms with E-state index >= 15 is 0 Å². The van der Waals surface area contributed by atoms with Crippen LogP contribution >= 0.6 is 0 Å². The number of aromatic nitrogens is 1. The van der Waals surface area contributed by atoms with E-state index in [0.717, 1.165) is 17.7 Å². The number of halogens is 1. The minimum absolute atomic E-state index is 0.0529. The molecule has 5 rings (SSSR count). The second-order valence-corrected chi connectivity index (χ2v) is 7.07. The van der Waals surface area contributed by atoms with Crippen LogP contribution in [-0.2, 0) is 6.42 Å². The van der Waals surface area contributed by atoms with E-state index in [2.05, 4.69) is 23.2 Å². The number of nitrogens with zero attached hydrogens (tertiary/aromatic N) is 2. The SMILES string of the molecule is O=C(O)c1cc(N2CCc3c(-c4ccccc4)cccc32)nc2ccc(F)cc12. The van der Waals surface area contributed by atoms with Crippen LogP contribution in [0, 0.1) is 5.82 Å². The molecule has 0 amide bonds. The smallest absolute Gasteiger partial charge is 0.336 e. The van der Waals surface area contributed by atoms with Crippen LogP contribution in [0.2, 0.25) is 0 Å². The molecule has 0 unspecified atom stereocenters. The van der Waals surface area contributed by atoms with Crippen LogP contribution in [0.25, 0.3) is 22.0 Å². The lowest BCUT2D eigenvalue weighted by Gasteiger charge is -2.20. The summed E-state index contributed by atoms with van der Waals surface area (Å²) < 4.78 is 13.7. The van der Waals surface area contributed by atoms with E-state index in [4.69, 9.17) is 0 Å². The Morgan fingerprint density at radius 2 is 1.83 bits per heavy atom. The van der Waals surface area contributed by atoms with E-state index in [1.54, 1.807) is 0 Å². The third kappa shape index (κ3) is 2.91. The second-order valence-electron chi connectivity index (χ2n) is 7.07. The monoisotopic (exact) mass is 384 g/mol. The van der Waals surface area contributed by atoms with Crippen molar-refractivity contribution in [3.8, 4) is 11.1 Å². The van der Waals surface area contributed by atoms with Gasteiger partial charge in [-0.05, 0) is 53.4 Å². The van der Waals surface area contributed by atoms with E-state index in [9.17, 15) is 14.3 Å². The van der Waals surface area contributed by atoms with E-state index in [-0.39, 0.29) is 5.56 Å². The fraction of sp³-hybridized carbons (Fsp3) is 0.0833. The second kappa shape index (κ2) is 6.71.